The summed E-state index contributed by atoms with van der Waals surface area (Å²) < 4.78 is 4.72. The number of hydrogen-bond acceptors (Lipinski definition) is 4. The Morgan fingerprint density at radius 1 is 1.22 bits per heavy atom. The molecule has 2 aromatic carbocycles. The van der Waals surface area contributed by atoms with Gasteiger partial charge in [0.05, 0.1) is 13.2 Å². The minimum atomic E-state index is -0.846. The Morgan fingerprint density at radius 2 is 1.91 bits per heavy atom. The van der Waals surface area contributed by atoms with Crippen molar-refractivity contribution in [3.8, 4) is 6.07 Å². The van der Waals surface area contributed by atoms with Crippen LogP contribution in [0.25, 0.3) is 10.8 Å². The second-order valence-electron chi connectivity index (χ2n) is 5.34. The first-order valence-electron chi connectivity index (χ1n) is 7.33. The predicted molar refractivity (Wildman–Crippen MR) is 86.6 cm³/mol. The molecule has 2 aromatic rings. The molecular weight excluding hydrogens is 292 g/mol. The molecule has 0 heterocycles. The van der Waals surface area contributed by atoms with Crippen LogP contribution in [0.4, 0.5) is 0 Å². The number of nitrogens with zero attached hydrogens (tertiary/aromatic N) is 1. The summed E-state index contributed by atoms with van der Waals surface area (Å²) in [5, 5.41) is 13.3. The summed E-state index contributed by atoms with van der Waals surface area (Å²) in [6.07, 6.45) is 0.208. The topological polar surface area (TPSA) is 79.2 Å². The Hall–Kier alpha value is -2.87. The van der Waals surface area contributed by atoms with Crippen LogP contribution in [0.5, 0.6) is 0 Å². The van der Waals surface area contributed by atoms with Crippen molar-refractivity contribution in [1.82, 2.24) is 5.32 Å². The van der Waals surface area contributed by atoms with Gasteiger partial charge in [0, 0.05) is 11.5 Å². The number of hydrogen-bond donors (Lipinski definition) is 1. The van der Waals surface area contributed by atoms with Crippen LogP contribution in [0.3, 0.4) is 0 Å². The van der Waals surface area contributed by atoms with E-state index < -0.39 is 12.0 Å². The molecule has 118 valence electrons. The number of carbonyl (C=O) groups is 2. The lowest BCUT2D eigenvalue weighted by Crippen LogP contribution is -2.42. The standard InChI is InChI=1S/C18H18N2O3/c1-12(11-19)10-16(18(22)23-2)20-17(21)15-9-5-7-13-6-3-4-8-14(13)15/h3-9,12,16H,10H2,1-2H3,(H,20,21)/t12-,16-/m0/s1. The number of amides is 1. The van der Waals surface area contributed by atoms with Crippen molar-refractivity contribution < 1.29 is 14.3 Å². The zero-order valence-corrected chi connectivity index (χ0v) is 13.1. The first-order valence-corrected chi connectivity index (χ1v) is 7.33. The van der Waals surface area contributed by atoms with Gasteiger partial charge in [-0.15, -0.1) is 0 Å². The number of fused-ring (bicyclic) bond motifs is 1. The number of nitriles is 1. The smallest absolute Gasteiger partial charge is 0.328 e. The highest BCUT2D eigenvalue weighted by molar-refractivity contribution is 6.07. The van der Waals surface area contributed by atoms with Crippen molar-refractivity contribution in [2.24, 2.45) is 5.92 Å². The third kappa shape index (κ3) is 3.86. The normalized spacial score (nSPS) is 12.9. The van der Waals surface area contributed by atoms with Gasteiger partial charge in [0.1, 0.15) is 6.04 Å². The van der Waals surface area contributed by atoms with Gasteiger partial charge in [0.15, 0.2) is 0 Å². The Labute approximate surface area is 134 Å². The lowest BCUT2D eigenvalue weighted by molar-refractivity contribution is -0.143. The van der Waals surface area contributed by atoms with Crippen LogP contribution in [0.2, 0.25) is 0 Å². The zero-order chi connectivity index (χ0) is 16.8. The summed E-state index contributed by atoms with van der Waals surface area (Å²) in [7, 11) is 1.26. The van der Waals surface area contributed by atoms with Crippen LogP contribution in [-0.2, 0) is 9.53 Å². The van der Waals surface area contributed by atoms with Crippen LogP contribution in [0.1, 0.15) is 23.7 Å². The van der Waals surface area contributed by atoms with Crippen molar-refractivity contribution in [2.75, 3.05) is 7.11 Å². The molecule has 0 aromatic heterocycles. The Balaban J connectivity index is 2.27. The molecule has 0 bridgehead atoms. The maximum Gasteiger partial charge on any atom is 0.328 e. The van der Waals surface area contributed by atoms with Crippen molar-refractivity contribution >= 4 is 22.6 Å². The maximum absolute atomic E-state index is 12.6. The largest absolute Gasteiger partial charge is 0.467 e. The van der Waals surface area contributed by atoms with E-state index in [1.807, 2.05) is 30.3 Å². The highest BCUT2D eigenvalue weighted by Gasteiger charge is 2.24. The molecule has 2 atom stereocenters. The van der Waals surface area contributed by atoms with Crippen LogP contribution in [0.15, 0.2) is 42.5 Å². The maximum atomic E-state index is 12.6. The molecule has 0 saturated carbocycles. The lowest BCUT2D eigenvalue weighted by Gasteiger charge is -2.18. The molecule has 5 heteroatoms. The van der Waals surface area contributed by atoms with E-state index in [2.05, 4.69) is 11.4 Å². The molecule has 0 spiro atoms. The molecule has 23 heavy (non-hydrogen) atoms. The van der Waals surface area contributed by atoms with E-state index in [0.717, 1.165) is 10.8 Å². The molecular formula is C18H18N2O3. The molecule has 0 fully saturated rings. The van der Waals surface area contributed by atoms with Gasteiger partial charge in [0.25, 0.3) is 5.91 Å². The number of benzene rings is 2. The van der Waals surface area contributed by atoms with E-state index in [1.165, 1.54) is 7.11 Å². The summed E-state index contributed by atoms with van der Waals surface area (Å²) in [6.45, 7) is 1.69. The van der Waals surface area contributed by atoms with Gasteiger partial charge in [-0.2, -0.15) is 5.26 Å². The first-order chi connectivity index (χ1) is 11.1. The molecule has 0 unspecified atom stereocenters. The fourth-order valence-corrected chi connectivity index (χ4v) is 2.42. The van der Waals surface area contributed by atoms with Gasteiger partial charge < -0.3 is 10.1 Å². The second kappa shape index (κ2) is 7.41. The summed E-state index contributed by atoms with van der Waals surface area (Å²) in [5.41, 5.74) is 0.488. The number of methoxy groups -OCH3 is 1. The van der Waals surface area contributed by atoms with E-state index >= 15 is 0 Å². The zero-order valence-electron chi connectivity index (χ0n) is 13.1. The fraction of sp³-hybridized carbons (Fsp3) is 0.278. The molecule has 0 aliphatic heterocycles. The first kappa shape index (κ1) is 16.5. The molecule has 0 radical (unpaired) electrons. The SMILES string of the molecule is COC(=O)[C@H](C[C@H](C)C#N)NC(=O)c1cccc2ccccc12. The summed E-state index contributed by atoms with van der Waals surface area (Å²) in [6, 6.07) is 14.2. The van der Waals surface area contributed by atoms with Crippen LogP contribution in [-0.4, -0.2) is 25.0 Å². The average molecular weight is 310 g/mol. The summed E-state index contributed by atoms with van der Waals surface area (Å²) in [4.78, 5) is 24.4. The molecule has 2 rings (SSSR count). The molecule has 1 amide bonds. The van der Waals surface area contributed by atoms with Gasteiger partial charge in [0.2, 0.25) is 0 Å². The Bertz CT molecular complexity index is 759. The average Bonchev–Trinajstić information content (AvgIpc) is 2.59. The molecule has 0 aliphatic rings. The molecule has 0 aliphatic carbocycles. The van der Waals surface area contributed by atoms with Crippen LogP contribution < -0.4 is 5.32 Å². The van der Waals surface area contributed by atoms with Crippen molar-refractivity contribution in [1.29, 1.82) is 5.26 Å². The Kier molecular flexibility index (Phi) is 5.32. The quantitative estimate of drug-likeness (QED) is 0.861. The minimum absolute atomic E-state index is 0.208. The molecule has 0 saturated heterocycles. The number of esters is 1. The van der Waals surface area contributed by atoms with Crippen molar-refractivity contribution in [2.45, 2.75) is 19.4 Å². The van der Waals surface area contributed by atoms with Gasteiger partial charge >= 0.3 is 5.97 Å². The number of rotatable bonds is 5. The van der Waals surface area contributed by atoms with E-state index in [9.17, 15) is 9.59 Å². The highest BCUT2D eigenvalue weighted by atomic mass is 16.5. The van der Waals surface area contributed by atoms with Crippen molar-refractivity contribution in [3.63, 3.8) is 0 Å². The monoisotopic (exact) mass is 310 g/mol. The molecule has 1 N–H and O–H groups in total. The fourth-order valence-electron chi connectivity index (χ4n) is 2.42. The molecule has 5 nitrogen and oxygen atoms in total. The van der Waals surface area contributed by atoms with E-state index in [-0.39, 0.29) is 18.2 Å². The number of nitrogens with one attached hydrogen (secondary N) is 1. The van der Waals surface area contributed by atoms with Gasteiger partial charge in [-0.05, 0) is 30.2 Å². The third-order valence-electron chi connectivity index (χ3n) is 3.63. The summed E-state index contributed by atoms with van der Waals surface area (Å²) >= 11 is 0. The predicted octanol–water partition coefficient (Wildman–Crippen LogP) is 2.66. The van der Waals surface area contributed by atoms with Gasteiger partial charge in [-0.25, -0.2) is 4.79 Å². The number of carbonyl (C=O) groups excluding carboxylic acids is 2. The highest BCUT2D eigenvalue weighted by Crippen LogP contribution is 2.19. The van der Waals surface area contributed by atoms with Crippen LogP contribution >= 0.6 is 0 Å². The minimum Gasteiger partial charge on any atom is -0.467 e. The van der Waals surface area contributed by atoms with E-state index in [0.29, 0.717) is 5.56 Å². The Morgan fingerprint density at radius 3 is 2.61 bits per heavy atom. The van der Waals surface area contributed by atoms with E-state index in [1.54, 1.807) is 19.1 Å². The summed E-state index contributed by atoms with van der Waals surface area (Å²) in [5.74, 6) is -1.28. The van der Waals surface area contributed by atoms with Crippen molar-refractivity contribution in [3.05, 3.63) is 48.0 Å². The number of ether oxygens (including phenoxy) is 1. The van der Waals surface area contributed by atoms with Gasteiger partial charge in [-0.1, -0.05) is 36.4 Å². The second-order valence-corrected chi connectivity index (χ2v) is 5.34. The van der Waals surface area contributed by atoms with Crippen LogP contribution in [0, 0.1) is 17.2 Å². The third-order valence-corrected chi connectivity index (χ3v) is 3.63. The van der Waals surface area contributed by atoms with Gasteiger partial charge in [-0.3, -0.25) is 4.79 Å². The van der Waals surface area contributed by atoms with E-state index in [4.69, 9.17) is 10.00 Å². The lowest BCUT2D eigenvalue weighted by atomic mass is 10.0.